The van der Waals surface area contributed by atoms with Gasteiger partial charge in [0.25, 0.3) is 0 Å². The Kier molecular flexibility index (Phi) is 5.58. The van der Waals surface area contributed by atoms with Crippen molar-refractivity contribution in [2.45, 2.75) is 13.0 Å². The molecule has 1 aromatic heterocycles. The second-order valence-electron chi connectivity index (χ2n) is 5.61. The van der Waals surface area contributed by atoms with Gasteiger partial charge in [0.1, 0.15) is 18.1 Å². The first kappa shape index (κ1) is 17.6. The van der Waals surface area contributed by atoms with Gasteiger partial charge in [-0.3, -0.25) is 9.36 Å². The highest BCUT2D eigenvalue weighted by Crippen LogP contribution is 2.18. The van der Waals surface area contributed by atoms with Gasteiger partial charge in [-0.25, -0.2) is 4.79 Å². The Morgan fingerprint density at radius 2 is 1.96 bits per heavy atom. The second-order valence-corrected chi connectivity index (χ2v) is 5.61. The quantitative estimate of drug-likeness (QED) is 0.626. The average molecular weight is 356 g/mol. The van der Waals surface area contributed by atoms with E-state index in [1.807, 2.05) is 24.3 Å². The fourth-order valence-corrected chi connectivity index (χ4v) is 2.58. The zero-order valence-electron chi connectivity index (χ0n) is 14.4. The first-order chi connectivity index (χ1) is 12.7. The highest BCUT2D eigenvalue weighted by atomic mass is 16.5. The molecule has 26 heavy (non-hydrogen) atoms. The van der Waals surface area contributed by atoms with Crippen LogP contribution < -0.4 is 20.5 Å². The highest BCUT2D eigenvalue weighted by Gasteiger charge is 2.10. The summed E-state index contributed by atoms with van der Waals surface area (Å²) in [6.45, 7) is 0.975. The van der Waals surface area contributed by atoms with Crippen molar-refractivity contribution in [2.75, 3.05) is 20.3 Å². The average Bonchev–Trinajstić information content (AvgIpc) is 2.99. The van der Waals surface area contributed by atoms with E-state index in [-0.39, 0.29) is 18.9 Å². The van der Waals surface area contributed by atoms with Crippen LogP contribution >= 0.6 is 0 Å². The monoisotopic (exact) mass is 356 g/mol. The van der Waals surface area contributed by atoms with E-state index in [4.69, 9.17) is 13.9 Å². The molecule has 0 radical (unpaired) electrons. The molecular formula is C19H20N2O5. The maximum absolute atomic E-state index is 12.0. The molecule has 0 atom stereocenters. The number of hydrogen-bond acceptors (Lipinski definition) is 5. The second kappa shape index (κ2) is 8.24. The van der Waals surface area contributed by atoms with Crippen molar-refractivity contribution >= 4 is 17.0 Å². The first-order valence-electron chi connectivity index (χ1n) is 8.29. The van der Waals surface area contributed by atoms with Gasteiger partial charge in [0, 0.05) is 19.0 Å². The summed E-state index contributed by atoms with van der Waals surface area (Å²) in [6.07, 6.45) is 0.183. The lowest BCUT2D eigenvalue weighted by atomic mass is 10.3. The fourth-order valence-electron chi connectivity index (χ4n) is 2.58. The molecule has 1 N–H and O–H groups in total. The molecule has 1 heterocycles. The third kappa shape index (κ3) is 4.24. The molecule has 0 aliphatic rings. The topological polar surface area (TPSA) is 82.7 Å². The summed E-state index contributed by atoms with van der Waals surface area (Å²) in [4.78, 5) is 23.8. The SMILES string of the molecule is COc1cccc(OCCNC(=O)CCn2c(=O)oc3ccccc32)c1. The minimum absolute atomic E-state index is 0.156. The Labute approximate surface area is 150 Å². The number of methoxy groups -OCH3 is 1. The Hall–Kier alpha value is -3.22. The van der Waals surface area contributed by atoms with Crippen molar-refractivity contribution in [3.05, 3.63) is 59.1 Å². The molecule has 1 amide bonds. The number of carbonyl (C=O) groups excluding carboxylic acids is 1. The van der Waals surface area contributed by atoms with E-state index < -0.39 is 5.76 Å². The molecule has 0 unspecified atom stereocenters. The summed E-state index contributed by atoms with van der Waals surface area (Å²) in [5.41, 5.74) is 1.20. The van der Waals surface area contributed by atoms with Gasteiger partial charge < -0.3 is 19.2 Å². The lowest BCUT2D eigenvalue weighted by Gasteiger charge is -2.09. The number of nitrogens with one attached hydrogen (secondary N) is 1. The third-order valence-corrected chi connectivity index (χ3v) is 3.87. The molecule has 136 valence electrons. The zero-order chi connectivity index (χ0) is 18.4. The molecule has 0 saturated heterocycles. The van der Waals surface area contributed by atoms with E-state index in [0.29, 0.717) is 35.8 Å². The Balaban J connectivity index is 1.44. The van der Waals surface area contributed by atoms with E-state index in [1.54, 1.807) is 31.4 Å². The van der Waals surface area contributed by atoms with E-state index in [9.17, 15) is 9.59 Å². The number of para-hydroxylation sites is 2. The minimum atomic E-state index is -0.458. The summed E-state index contributed by atoms with van der Waals surface area (Å²) in [7, 11) is 1.59. The van der Waals surface area contributed by atoms with Crippen molar-refractivity contribution < 1.29 is 18.7 Å². The van der Waals surface area contributed by atoms with Crippen LogP contribution in [0.25, 0.3) is 11.1 Å². The molecule has 0 bridgehead atoms. The van der Waals surface area contributed by atoms with E-state index >= 15 is 0 Å². The fraction of sp³-hybridized carbons (Fsp3) is 0.263. The van der Waals surface area contributed by atoms with Crippen molar-refractivity contribution in [3.8, 4) is 11.5 Å². The van der Waals surface area contributed by atoms with Crippen molar-refractivity contribution in [1.29, 1.82) is 0 Å². The molecule has 7 nitrogen and oxygen atoms in total. The molecule has 0 spiro atoms. The van der Waals surface area contributed by atoms with Gasteiger partial charge in [0.15, 0.2) is 5.58 Å². The van der Waals surface area contributed by atoms with E-state index in [1.165, 1.54) is 4.57 Å². The van der Waals surface area contributed by atoms with E-state index in [0.717, 1.165) is 0 Å². The van der Waals surface area contributed by atoms with Crippen LogP contribution in [0.1, 0.15) is 6.42 Å². The molecule has 3 rings (SSSR count). The number of benzene rings is 2. The highest BCUT2D eigenvalue weighted by molar-refractivity contribution is 5.76. The molecule has 0 saturated carbocycles. The lowest BCUT2D eigenvalue weighted by molar-refractivity contribution is -0.121. The van der Waals surface area contributed by atoms with Gasteiger partial charge in [-0.2, -0.15) is 0 Å². The molecule has 3 aromatic rings. The largest absolute Gasteiger partial charge is 0.497 e. The van der Waals surface area contributed by atoms with Gasteiger partial charge in [0.05, 0.1) is 19.2 Å². The number of hydrogen-bond donors (Lipinski definition) is 1. The van der Waals surface area contributed by atoms with Crippen LogP contribution in [-0.4, -0.2) is 30.7 Å². The van der Waals surface area contributed by atoms with Gasteiger partial charge in [-0.15, -0.1) is 0 Å². The van der Waals surface area contributed by atoms with Crippen LogP contribution in [0.5, 0.6) is 11.5 Å². The summed E-state index contributed by atoms with van der Waals surface area (Å²) >= 11 is 0. The summed E-state index contributed by atoms with van der Waals surface area (Å²) in [5, 5.41) is 2.77. The molecule has 0 fully saturated rings. The number of aromatic nitrogens is 1. The maximum atomic E-state index is 12.0. The zero-order valence-corrected chi connectivity index (χ0v) is 14.4. The molecule has 7 heteroatoms. The lowest BCUT2D eigenvalue weighted by Crippen LogP contribution is -2.29. The number of fused-ring (bicyclic) bond motifs is 1. The predicted molar refractivity (Wildman–Crippen MR) is 96.6 cm³/mol. The van der Waals surface area contributed by atoms with Gasteiger partial charge >= 0.3 is 5.76 Å². The summed E-state index contributed by atoms with van der Waals surface area (Å²) in [6, 6.07) is 14.4. The van der Waals surface area contributed by atoms with Gasteiger partial charge in [0.2, 0.25) is 5.91 Å². The van der Waals surface area contributed by atoms with Crippen LogP contribution in [-0.2, 0) is 11.3 Å². The first-order valence-corrected chi connectivity index (χ1v) is 8.29. The number of oxazole rings is 1. The number of nitrogens with zero attached hydrogens (tertiary/aromatic N) is 1. The van der Waals surface area contributed by atoms with Crippen LogP contribution in [0, 0.1) is 0 Å². The van der Waals surface area contributed by atoms with Crippen LogP contribution in [0.3, 0.4) is 0 Å². The summed E-state index contributed by atoms with van der Waals surface area (Å²) in [5.74, 6) is 0.774. The van der Waals surface area contributed by atoms with Gasteiger partial charge in [-0.1, -0.05) is 18.2 Å². The Morgan fingerprint density at radius 3 is 2.81 bits per heavy atom. The third-order valence-electron chi connectivity index (χ3n) is 3.87. The summed E-state index contributed by atoms with van der Waals surface area (Å²) < 4.78 is 17.3. The molecule has 2 aromatic carbocycles. The Bertz CT molecular complexity index is 944. The predicted octanol–water partition coefficient (Wildman–Crippen LogP) is 2.19. The normalized spacial score (nSPS) is 10.7. The standard InChI is InChI=1S/C19H20N2O5/c1-24-14-5-4-6-15(13-14)25-12-10-20-18(22)9-11-21-16-7-2-3-8-17(16)26-19(21)23/h2-8,13H,9-12H2,1H3,(H,20,22). The molecule has 0 aliphatic heterocycles. The van der Waals surface area contributed by atoms with Crippen LogP contribution in [0.2, 0.25) is 0 Å². The van der Waals surface area contributed by atoms with Crippen molar-refractivity contribution in [3.63, 3.8) is 0 Å². The van der Waals surface area contributed by atoms with Crippen LogP contribution in [0.4, 0.5) is 0 Å². The van der Waals surface area contributed by atoms with Crippen LogP contribution in [0.15, 0.2) is 57.7 Å². The molecule has 0 aliphatic carbocycles. The number of ether oxygens (including phenoxy) is 2. The number of amides is 1. The number of aryl methyl sites for hydroxylation is 1. The minimum Gasteiger partial charge on any atom is -0.497 e. The maximum Gasteiger partial charge on any atom is 0.419 e. The van der Waals surface area contributed by atoms with E-state index in [2.05, 4.69) is 5.32 Å². The Morgan fingerprint density at radius 1 is 1.15 bits per heavy atom. The number of carbonyl (C=O) groups is 1. The van der Waals surface area contributed by atoms with Crippen molar-refractivity contribution in [2.24, 2.45) is 0 Å². The smallest absolute Gasteiger partial charge is 0.419 e. The van der Waals surface area contributed by atoms with Gasteiger partial charge in [-0.05, 0) is 24.3 Å². The molecular weight excluding hydrogens is 336 g/mol. The number of rotatable bonds is 8. The van der Waals surface area contributed by atoms with Crippen molar-refractivity contribution in [1.82, 2.24) is 9.88 Å².